The summed E-state index contributed by atoms with van der Waals surface area (Å²) in [5.41, 5.74) is 0. The average Bonchev–Trinajstić information content (AvgIpc) is 2.57. The van der Waals surface area contributed by atoms with Crippen LogP contribution in [-0.2, 0) is 0 Å². The van der Waals surface area contributed by atoms with Gasteiger partial charge in [0.05, 0.1) is 0 Å². The maximum absolute atomic E-state index is 4.67. The molecule has 1 N–H and O–H groups in total. The first-order valence-electron chi connectivity index (χ1n) is 10.2. The number of thioether (sulfide) groups is 1. The van der Waals surface area contributed by atoms with Gasteiger partial charge >= 0.3 is 0 Å². The first kappa shape index (κ1) is 22.8. The van der Waals surface area contributed by atoms with Crippen LogP contribution in [-0.4, -0.2) is 24.5 Å². The van der Waals surface area contributed by atoms with Gasteiger partial charge in [-0.15, -0.1) is 0 Å². The molecule has 23 heavy (non-hydrogen) atoms. The number of hydrogen-bond acceptors (Lipinski definition) is 2. The summed E-state index contributed by atoms with van der Waals surface area (Å²) in [6.07, 6.45) is 21.5. The van der Waals surface area contributed by atoms with Gasteiger partial charge in [-0.3, -0.25) is 4.99 Å². The van der Waals surface area contributed by atoms with Crippen molar-refractivity contribution in [3.8, 4) is 0 Å². The number of unbranched alkanes of at least 4 members (excludes halogenated alkanes) is 12. The molecule has 3 heteroatoms. The molecule has 0 radical (unpaired) electrons. The van der Waals surface area contributed by atoms with Gasteiger partial charge in [0.25, 0.3) is 0 Å². The van der Waals surface area contributed by atoms with Crippen LogP contribution in [0, 0.1) is 0 Å². The summed E-state index contributed by atoms with van der Waals surface area (Å²) >= 11 is 1.74. The third kappa shape index (κ3) is 18.0. The molecule has 0 aliphatic carbocycles. The van der Waals surface area contributed by atoms with Crippen molar-refractivity contribution in [2.75, 3.05) is 19.3 Å². The van der Waals surface area contributed by atoms with Crippen molar-refractivity contribution in [3.63, 3.8) is 0 Å². The van der Waals surface area contributed by atoms with Crippen LogP contribution < -0.4 is 5.32 Å². The Morgan fingerprint density at radius 1 is 0.696 bits per heavy atom. The maximum Gasteiger partial charge on any atom is 0.156 e. The molecule has 0 aromatic carbocycles. The summed E-state index contributed by atoms with van der Waals surface area (Å²) in [7, 11) is 0. The zero-order valence-electron chi connectivity index (χ0n) is 16.2. The molecule has 0 fully saturated rings. The van der Waals surface area contributed by atoms with Crippen molar-refractivity contribution < 1.29 is 0 Å². The van der Waals surface area contributed by atoms with Crippen LogP contribution >= 0.6 is 11.8 Å². The van der Waals surface area contributed by atoms with Crippen molar-refractivity contribution >= 4 is 16.9 Å². The Hall–Kier alpha value is -0.180. The van der Waals surface area contributed by atoms with Crippen LogP contribution in [0.3, 0.4) is 0 Å². The largest absolute Gasteiger partial charge is 0.365 e. The van der Waals surface area contributed by atoms with E-state index >= 15 is 0 Å². The predicted molar refractivity (Wildman–Crippen MR) is 110 cm³/mol. The van der Waals surface area contributed by atoms with E-state index in [0.29, 0.717) is 0 Å². The minimum Gasteiger partial charge on any atom is -0.365 e. The molecule has 0 aromatic rings. The summed E-state index contributed by atoms with van der Waals surface area (Å²) in [4.78, 5) is 4.67. The van der Waals surface area contributed by atoms with E-state index in [2.05, 4.69) is 30.4 Å². The van der Waals surface area contributed by atoms with E-state index in [1.165, 1.54) is 89.9 Å². The molecule has 0 bridgehead atoms. The average molecular weight is 343 g/mol. The summed E-state index contributed by atoms with van der Waals surface area (Å²) in [5, 5.41) is 4.55. The van der Waals surface area contributed by atoms with E-state index in [9.17, 15) is 0 Å². The molecular weight excluding hydrogens is 300 g/mol. The van der Waals surface area contributed by atoms with E-state index in [0.717, 1.165) is 18.3 Å². The lowest BCUT2D eigenvalue weighted by Gasteiger charge is -2.06. The SMILES string of the molecule is CCCCCCCCCCCCCCN=C(NCCCC)SC. The molecule has 0 saturated heterocycles. The maximum atomic E-state index is 4.67. The molecular formula is C20H42N2S. The van der Waals surface area contributed by atoms with E-state index in [1.54, 1.807) is 11.8 Å². The zero-order valence-corrected chi connectivity index (χ0v) is 17.0. The van der Waals surface area contributed by atoms with Gasteiger partial charge in [0.2, 0.25) is 0 Å². The predicted octanol–water partition coefficient (Wildman–Crippen LogP) is 6.80. The molecule has 0 aliphatic heterocycles. The Balaban J connectivity index is 3.28. The minimum absolute atomic E-state index is 0.993. The highest BCUT2D eigenvalue weighted by molar-refractivity contribution is 8.13. The van der Waals surface area contributed by atoms with Gasteiger partial charge in [0, 0.05) is 13.1 Å². The second kappa shape index (κ2) is 19.9. The van der Waals surface area contributed by atoms with Crippen LogP contribution in [0.2, 0.25) is 0 Å². The number of hydrogen-bond donors (Lipinski definition) is 1. The molecule has 0 saturated carbocycles. The molecule has 2 nitrogen and oxygen atoms in total. The Bertz CT molecular complexity index is 254. The van der Waals surface area contributed by atoms with Gasteiger partial charge in [-0.2, -0.15) is 0 Å². The summed E-state index contributed by atoms with van der Waals surface area (Å²) < 4.78 is 0. The van der Waals surface area contributed by atoms with Crippen molar-refractivity contribution in [3.05, 3.63) is 0 Å². The normalized spacial score (nSPS) is 11.9. The summed E-state index contributed by atoms with van der Waals surface area (Å²) in [5.74, 6) is 0. The van der Waals surface area contributed by atoms with Gasteiger partial charge in [-0.1, -0.05) is 103 Å². The Morgan fingerprint density at radius 3 is 1.65 bits per heavy atom. The number of amidine groups is 1. The number of aliphatic imine (C=N–C) groups is 1. The third-order valence-electron chi connectivity index (χ3n) is 4.27. The molecule has 0 amide bonds. The zero-order chi connectivity index (χ0) is 17.0. The van der Waals surface area contributed by atoms with Crippen molar-refractivity contribution in [2.45, 2.75) is 104 Å². The van der Waals surface area contributed by atoms with Crippen molar-refractivity contribution in [2.24, 2.45) is 4.99 Å². The molecule has 0 rings (SSSR count). The van der Waals surface area contributed by atoms with Crippen molar-refractivity contribution in [1.29, 1.82) is 0 Å². The number of nitrogens with zero attached hydrogens (tertiary/aromatic N) is 1. The fourth-order valence-corrected chi connectivity index (χ4v) is 3.16. The topological polar surface area (TPSA) is 24.4 Å². The lowest BCUT2D eigenvalue weighted by Crippen LogP contribution is -2.21. The lowest BCUT2D eigenvalue weighted by atomic mass is 10.1. The molecule has 0 heterocycles. The van der Waals surface area contributed by atoms with Crippen LogP contribution in [0.1, 0.15) is 104 Å². The standard InChI is InChI=1S/C20H42N2S/c1-4-6-8-9-10-11-12-13-14-15-16-17-19-22-20(23-3)21-18-7-5-2/h4-19H2,1-3H3,(H,21,22). The monoisotopic (exact) mass is 342 g/mol. The molecule has 0 aliphatic rings. The summed E-state index contributed by atoms with van der Waals surface area (Å²) in [6, 6.07) is 0. The Morgan fingerprint density at radius 2 is 1.17 bits per heavy atom. The molecule has 0 atom stereocenters. The highest BCUT2D eigenvalue weighted by Gasteiger charge is 1.96. The van der Waals surface area contributed by atoms with Crippen LogP contribution in [0.4, 0.5) is 0 Å². The van der Waals surface area contributed by atoms with Crippen LogP contribution in [0.25, 0.3) is 0 Å². The van der Waals surface area contributed by atoms with Gasteiger partial charge in [0.15, 0.2) is 5.17 Å². The third-order valence-corrected chi connectivity index (χ3v) is 4.93. The van der Waals surface area contributed by atoms with Gasteiger partial charge < -0.3 is 5.32 Å². The van der Waals surface area contributed by atoms with E-state index < -0.39 is 0 Å². The minimum atomic E-state index is 0.993. The fraction of sp³-hybridized carbons (Fsp3) is 0.950. The summed E-state index contributed by atoms with van der Waals surface area (Å²) in [6.45, 7) is 6.57. The fourth-order valence-electron chi connectivity index (χ4n) is 2.70. The van der Waals surface area contributed by atoms with Crippen LogP contribution in [0.5, 0.6) is 0 Å². The quantitative estimate of drug-likeness (QED) is 0.189. The van der Waals surface area contributed by atoms with Crippen molar-refractivity contribution in [1.82, 2.24) is 5.32 Å². The van der Waals surface area contributed by atoms with Crippen LogP contribution in [0.15, 0.2) is 4.99 Å². The van der Waals surface area contributed by atoms with Gasteiger partial charge in [-0.05, 0) is 19.1 Å². The second-order valence-corrected chi connectivity index (χ2v) is 7.36. The van der Waals surface area contributed by atoms with E-state index in [-0.39, 0.29) is 0 Å². The molecule has 0 spiro atoms. The van der Waals surface area contributed by atoms with Gasteiger partial charge in [0.1, 0.15) is 0 Å². The number of nitrogens with one attached hydrogen (secondary N) is 1. The first-order chi connectivity index (χ1) is 11.3. The second-order valence-electron chi connectivity index (χ2n) is 6.56. The van der Waals surface area contributed by atoms with E-state index in [1.807, 2.05) is 0 Å². The highest BCUT2D eigenvalue weighted by atomic mass is 32.2. The van der Waals surface area contributed by atoms with E-state index in [4.69, 9.17) is 0 Å². The Labute approximate surface area is 150 Å². The highest BCUT2D eigenvalue weighted by Crippen LogP contribution is 2.12. The Kier molecular flexibility index (Phi) is 19.7. The smallest absolute Gasteiger partial charge is 0.156 e. The molecule has 0 aromatic heterocycles. The molecule has 138 valence electrons. The lowest BCUT2D eigenvalue weighted by molar-refractivity contribution is 0.545. The number of rotatable bonds is 16. The molecule has 0 unspecified atom stereocenters. The van der Waals surface area contributed by atoms with Gasteiger partial charge in [-0.25, -0.2) is 0 Å². The first-order valence-corrected chi connectivity index (χ1v) is 11.4.